The molecule has 0 radical (unpaired) electrons. The second-order valence-electron chi connectivity index (χ2n) is 4.74. The van der Waals surface area contributed by atoms with Gasteiger partial charge in [0.05, 0.1) is 6.61 Å². The summed E-state index contributed by atoms with van der Waals surface area (Å²) in [4.78, 5) is 10.6. The monoisotopic (exact) mass is 250 g/mol. The van der Waals surface area contributed by atoms with Gasteiger partial charge in [-0.1, -0.05) is 0 Å². The van der Waals surface area contributed by atoms with E-state index in [1.807, 2.05) is 13.0 Å². The van der Waals surface area contributed by atoms with E-state index in [-0.39, 0.29) is 0 Å². The molecule has 0 aromatic carbocycles. The Kier molecular flexibility index (Phi) is 4.75. The zero-order valence-corrected chi connectivity index (χ0v) is 11.2. The van der Waals surface area contributed by atoms with Crippen molar-refractivity contribution in [2.24, 2.45) is 5.92 Å². The topological polar surface area (TPSA) is 50.3 Å². The summed E-state index contributed by atoms with van der Waals surface area (Å²) in [6.07, 6.45) is 4.13. The van der Waals surface area contributed by atoms with Crippen LogP contribution in [-0.2, 0) is 0 Å². The maximum Gasteiger partial charge on any atom is 0.218 e. The van der Waals surface area contributed by atoms with Crippen molar-refractivity contribution < 1.29 is 4.74 Å². The van der Waals surface area contributed by atoms with Crippen molar-refractivity contribution in [2.75, 3.05) is 38.2 Å². The quantitative estimate of drug-likeness (QED) is 0.854. The highest BCUT2D eigenvalue weighted by atomic mass is 16.5. The molecule has 1 unspecified atom stereocenters. The molecule has 1 N–H and O–H groups in total. The van der Waals surface area contributed by atoms with Gasteiger partial charge in [0.25, 0.3) is 0 Å². The molecule has 5 heteroatoms. The summed E-state index contributed by atoms with van der Waals surface area (Å²) in [6.45, 7) is 5.87. The normalized spacial score (nSPS) is 19.6. The van der Waals surface area contributed by atoms with E-state index in [1.165, 1.54) is 12.8 Å². The van der Waals surface area contributed by atoms with Crippen molar-refractivity contribution in [2.45, 2.75) is 19.8 Å². The predicted octanol–water partition coefficient (Wildman–Crippen LogP) is 1.31. The molecule has 0 spiro atoms. The summed E-state index contributed by atoms with van der Waals surface area (Å²) in [6, 6.07) is 1.90. The largest absolute Gasteiger partial charge is 0.478 e. The lowest BCUT2D eigenvalue weighted by Crippen LogP contribution is -2.37. The van der Waals surface area contributed by atoms with Crippen LogP contribution in [0.25, 0.3) is 0 Å². The van der Waals surface area contributed by atoms with Crippen LogP contribution in [0.4, 0.5) is 5.82 Å². The maximum absolute atomic E-state index is 5.40. The molecule has 2 rings (SSSR count). The third-order valence-electron chi connectivity index (χ3n) is 3.24. The van der Waals surface area contributed by atoms with E-state index in [0.29, 0.717) is 18.4 Å². The summed E-state index contributed by atoms with van der Waals surface area (Å²) in [5.41, 5.74) is 0. The molecule has 5 nitrogen and oxygen atoms in total. The van der Waals surface area contributed by atoms with Gasteiger partial charge in [-0.2, -0.15) is 0 Å². The highest BCUT2D eigenvalue weighted by Crippen LogP contribution is 2.18. The molecule has 0 saturated carbocycles. The van der Waals surface area contributed by atoms with Crippen LogP contribution in [0.15, 0.2) is 12.4 Å². The summed E-state index contributed by atoms with van der Waals surface area (Å²) < 4.78 is 5.40. The third kappa shape index (κ3) is 3.57. The molecule has 1 aromatic heterocycles. The summed E-state index contributed by atoms with van der Waals surface area (Å²) in [5.74, 6) is 2.28. The van der Waals surface area contributed by atoms with Crippen LogP contribution in [0.5, 0.6) is 5.88 Å². The lowest BCUT2D eigenvalue weighted by atomic mass is 9.99. The smallest absolute Gasteiger partial charge is 0.218 e. The fourth-order valence-electron chi connectivity index (χ4n) is 2.33. The maximum atomic E-state index is 5.40. The highest BCUT2D eigenvalue weighted by molar-refractivity contribution is 5.39. The lowest BCUT2D eigenvalue weighted by molar-refractivity contribution is 0.326. The van der Waals surface area contributed by atoms with Crippen LogP contribution in [0, 0.1) is 5.92 Å². The minimum absolute atomic E-state index is 0.632. The Hall–Kier alpha value is -1.36. The average molecular weight is 250 g/mol. The Morgan fingerprint density at radius 3 is 3.11 bits per heavy atom. The minimum atomic E-state index is 0.632. The molecule has 18 heavy (non-hydrogen) atoms. The second kappa shape index (κ2) is 6.54. The van der Waals surface area contributed by atoms with Crippen LogP contribution in [0.2, 0.25) is 0 Å². The fourth-order valence-corrected chi connectivity index (χ4v) is 2.33. The molecule has 100 valence electrons. The van der Waals surface area contributed by atoms with Gasteiger partial charge in [0.2, 0.25) is 5.88 Å². The molecule has 2 heterocycles. The molecule has 1 aromatic rings. The Labute approximate surface area is 109 Å². The molecule has 1 aliphatic rings. The van der Waals surface area contributed by atoms with E-state index in [2.05, 4.69) is 27.2 Å². The number of piperidine rings is 1. The Balaban J connectivity index is 1.94. The van der Waals surface area contributed by atoms with Crippen LogP contribution in [-0.4, -0.2) is 43.3 Å². The van der Waals surface area contributed by atoms with Gasteiger partial charge in [-0.3, -0.25) is 0 Å². The zero-order valence-electron chi connectivity index (χ0n) is 11.2. The zero-order chi connectivity index (χ0) is 12.8. The van der Waals surface area contributed by atoms with Crippen molar-refractivity contribution in [3.8, 4) is 5.88 Å². The van der Waals surface area contributed by atoms with Crippen LogP contribution in [0.1, 0.15) is 19.8 Å². The molecule has 1 aliphatic heterocycles. The first kappa shape index (κ1) is 13.1. The molecule has 0 aliphatic carbocycles. The number of aromatic nitrogens is 2. The summed E-state index contributed by atoms with van der Waals surface area (Å²) >= 11 is 0. The average Bonchev–Trinajstić information content (AvgIpc) is 2.40. The van der Waals surface area contributed by atoms with Crippen LogP contribution in [0.3, 0.4) is 0 Å². The van der Waals surface area contributed by atoms with Crippen molar-refractivity contribution in [1.82, 2.24) is 15.3 Å². The van der Waals surface area contributed by atoms with E-state index < -0.39 is 0 Å². The molecular formula is C13H22N4O. The van der Waals surface area contributed by atoms with Crippen molar-refractivity contribution in [3.63, 3.8) is 0 Å². The van der Waals surface area contributed by atoms with Gasteiger partial charge in [-0.05, 0) is 38.8 Å². The van der Waals surface area contributed by atoms with Gasteiger partial charge in [0.1, 0.15) is 12.1 Å². The first-order chi connectivity index (χ1) is 8.79. The number of hydrogen-bond acceptors (Lipinski definition) is 5. The van der Waals surface area contributed by atoms with Gasteiger partial charge < -0.3 is 15.0 Å². The number of anilines is 1. The van der Waals surface area contributed by atoms with Gasteiger partial charge in [0, 0.05) is 19.7 Å². The second-order valence-corrected chi connectivity index (χ2v) is 4.74. The van der Waals surface area contributed by atoms with Crippen molar-refractivity contribution in [3.05, 3.63) is 12.4 Å². The molecule has 0 bridgehead atoms. The van der Waals surface area contributed by atoms with Gasteiger partial charge >= 0.3 is 0 Å². The van der Waals surface area contributed by atoms with E-state index in [0.717, 1.165) is 25.5 Å². The Morgan fingerprint density at radius 2 is 2.39 bits per heavy atom. The molecule has 1 atom stereocenters. The number of ether oxygens (including phenoxy) is 1. The first-order valence-electron chi connectivity index (χ1n) is 6.66. The third-order valence-corrected chi connectivity index (χ3v) is 3.24. The number of nitrogens with one attached hydrogen (secondary N) is 1. The highest BCUT2D eigenvalue weighted by Gasteiger charge is 2.16. The van der Waals surface area contributed by atoms with Crippen LogP contribution < -0.4 is 15.0 Å². The summed E-state index contributed by atoms with van der Waals surface area (Å²) in [5, 5.41) is 3.44. The molecular weight excluding hydrogens is 228 g/mol. The molecule has 1 saturated heterocycles. The minimum Gasteiger partial charge on any atom is -0.478 e. The van der Waals surface area contributed by atoms with E-state index in [1.54, 1.807) is 6.33 Å². The Bertz CT molecular complexity index is 366. The standard InChI is InChI=1S/C13H22N4O/c1-3-18-13-7-12(15-10-16-13)17(2)9-11-5-4-6-14-8-11/h7,10-11,14H,3-6,8-9H2,1-2H3. The Morgan fingerprint density at radius 1 is 1.50 bits per heavy atom. The summed E-state index contributed by atoms with van der Waals surface area (Å²) in [7, 11) is 2.08. The number of hydrogen-bond donors (Lipinski definition) is 1. The molecule has 0 amide bonds. The number of nitrogens with zero attached hydrogens (tertiary/aromatic N) is 3. The van der Waals surface area contributed by atoms with Gasteiger partial charge in [-0.15, -0.1) is 0 Å². The number of rotatable bonds is 5. The molecule has 1 fully saturated rings. The van der Waals surface area contributed by atoms with Crippen molar-refractivity contribution in [1.29, 1.82) is 0 Å². The van der Waals surface area contributed by atoms with Gasteiger partial charge in [-0.25, -0.2) is 9.97 Å². The van der Waals surface area contributed by atoms with Crippen molar-refractivity contribution >= 4 is 5.82 Å². The van der Waals surface area contributed by atoms with E-state index in [4.69, 9.17) is 4.74 Å². The fraction of sp³-hybridized carbons (Fsp3) is 0.692. The van der Waals surface area contributed by atoms with Crippen LogP contribution >= 0.6 is 0 Å². The van der Waals surface area contributed by atoms with E-state index in [9.17, 15) is 0 Å². The van der Waals surface area contributed by atoms with Gasteiger partial charge in [0.15, 0.2) is 0 Å². The van der Waals surface area contributed by atoms with E-state index >= 15 is 0 Å². The lowest BCUT2D eigenvalue weighted by Gasteiger charge is -2.28. The predicted molar refractivity (Wildman–Crippen MR) is 72.1 cm³/mol. The first-order valence-corrected chi connectivity index (χ1v) is 6.66. The SMILES string of the molecule is CCOc1cc(N(C)CC2CCCNC2)ncn1.